The van der Waals surface area contributed by atoms with E-state index >= 15 is 0 Å². The number of rotatable bonds is 15. The predicted octanol–water partition coefficient (Wildman–Crippen LogP) is 2.04. The van der Waals surface area contributed by atoms with Crippen LogP contribution in [0.4, 0.5) is 10.2 Å². The number of fused-ring (bicyclic) bond motifs is 1. The van der Waals surface area contributed by atoms with Crippen molar-refractivity contribution >= 4 is 56.2 Å². The number of Topliss-reactive ketones (excluding diaryl/α,β-unsaturated/α-hetero) is 1. The van der Waals surface area contributed by atoms with Crippen LogP contribution in [0.2, 0.25) is 0 Å². The number of likely N-dealkylation sites (tertiary alicyclic amines) is 1. The number of nitrogens with one attached hydrogen (secondary N) is 2. The Labute approximate surface area is 288 Å². The fourth-order valence-corrected chi connectivity index (χ4v) is 5.59. The number of anilines is 1. The largest absolute Gasteiger partial charge is 0.378 e. The van der Waals surface area contributed by atoms with E-state index in [1.807, 2.05) is 0 Å². The summed E-state index contributed by atoms with van der Waals surface area (Å²) in [6.07, 6.45) is 1.66. The number of hydrogen-bond acceptors (Lipinski definition) is 11. The Balaban J connectivity index is 1.24. The molecular formula is C32H35BrFN9O6. The third-order valence-corrected chi connectivity index (χ3v) is 8.00. The average Bonchev–Trinajstić information content (AvgIpc) is 3.66. The van der Waals surface area contributed by atoms with E-state index in [0.717, 1.165) is 0 Å². The second-order valence-corrected chi connectivity index (χ2v) is 12.0. The highest BCUT2D eigenvalue weighted by molar-refractivity contribution is 9.10. The highest BCUT2D eigenvalue weighted by Gasteiger charge is 2.40. The number of pyridine rings is 1. The molecule has 4 N–H and O–H groups in total. The minimum Gasteiger partial charge on any atom is -0.378 e. The van der Waals surface area contributed by atoms with Gasteiger partial charge in [-0.15, -0.1) is 0 Å². The Morgan fingerprint density at radius 2 is 1.84 bits per heavy atom. The summed E-state index contributed by atoms with van der Waals surface area (Å²) in [6.45, 7) is 2.25. The van der Waals surface area contributed by atoms with E-state index in [4.69, 9.17) is 15.2 Å². The third kappa shape index (κ3) is 9.26. The van der Waals surface area contributed by atoms with E-state index in [2.05, 4.69) is 46.6 Å². The van der Waals surface area contributed by atoms with Crippen LogP contribution in [0.1, 0.15) is 29.7 Å². The summed E-state index contributed by atoms with van der Waals surface area (Å²) in [5, 5.41) is 10.3. The molecule has 258 valence electrons. The average molecular weight is 741 g/mol. The molecule has 0 spiro atoms. The van der Waals surface area contributed by atoms with Gasteiger partial charge in [-0.25, -0.2) is 19.3 Å². The lowest BCUT2D eigenvalue weighted by Gasteiger charge is -2.23. The van der Waals surface area contributed by atoms with Crippen LogP contribution in [0, 0.1) is 0 Å². The number of ether oxygens (including phenoxy) is 2. The first-order valence-corrected chi connectivity index (χ1v) is 16.2. The van der Waals surface area contributed by atoms with E-state index in [0.29, 0.717) is 52.2 Å². The van der Waals surface area contributed by atoms with Crippen LogP contribution in [-0.2, 0) is 36.9 Å². The van der Waals surface area contributed by atoms with Gasteiger partial charge in [0.1, 0.15) is 47.3 Å². The Kier molecular flexibility index (Phi) is 12.1. The Morgan fingerprint density at radius 1 is 1.06 bits per heavy atom. The topological polar surface area (TPSA) is 197 Å². The lowest BCUT2D eigenvalue weighted by atomic mass is 10.0. The van der Waals surface area contributed by atoms with Gasteiger partial charge in [-0.1, -0.05) is 12.1 Å². The van der Waals surface area contributed by atoms with Crippen LogP contribution in [0.25, 0.3) is 22.0 Å². The molecular weight excluding hydrogens is 705 g/mol. The van der Waals surface area contributed by atoms with Crippen LogP contribution in [0.15, 0.2) is 53.4 Å². The van der Waals surface area contributed by atoms with Crippen molar-refractivity contribution in [3.05, 3.63) is 64.9 Å². The van der Waals surface area contributed by atoms with Gasteiger partial charge in [0.25, 0.3) is 0 Å². The molecule has 0 saturated carbocycles. The highest BCUT2D eigenvalue weighted by Crippen LogP contribution is 2.28. The van der Waals surface area contributed by atoms with E-state index in [1.165, 1.54) is 16.5 Å². The van der Waals surface area contributed by atoms with Gasteiger partial charge in [0.05, 0.1) is 38.4 Å². The fraction of sp³-hybridized carbons (Fsp3) is 0.375. The first-order chi connectivity index (χ1) is 23.6. The molecule has 0 aliphatic carbocycles. The second-order valence-electron chi connectivity index (χ2n) is 11.1. The molecule has 3 amide bonds. The number of aromatic nitrogens is 5. The molecule has 1 aromatic carbocycles. The van der Waals surface area contributed by atoms with Gasteiger partial charge in [0.15, 0.2) is 5.78 Å². The van der Waals surface area contributed by atoms with E-state index < -0.39 is 24.0 Å². The standard InChI is InChI=1S/C32H35BrFN9O6/c1-19(44)31-23-11-20(21-13-36-28(37-14-21)15-38-29(45)18-49-10-9-48-8-7-35)5-6-24(23)43(41-31)17-30(46)42-16-22(34)12-25(42)32(47)40-27-4-2-3-26(33)39-27/h2-6,11,13-14,22,25H,7-10,12,15-18,35H2,1H3,(H,38,45)(H,39,40,47)/t22-,25+/m1/s1. The molecule has 5 rings (SSSR count). The Bertz CT molecular complexity index is 1820. The molecule has 0 unspecified atom stereocenters. The zero-order valence-electron chi connectivity index (χ0n) is 26.6. The summed E-state index contributed by atoms with van der Waals surface area (Å²) in [5.74, 6) is -1.06. The zero-order chi connectivity index (χ0) is 34.9. The lowest BCUT2D eigenvalue weighted by molar-refractivity contribution is -0.137. The number of benzene rings is 1. The zero-order valence-corrected chi connectivity index (χ0v) is 28.2. The van der Waals surface area contributed by atoms with Gasteiger partial charge in [-0.2, -0.15) is 5.10 Å². The van der Waals surface area contributed by atoms with Gasteiger partial charge in [-0.05, 0) is 45.8 Å². The van der Waals surface area contributed by atoms with Crippen molar-refractivity contribution in [1.82, 2.24) is 34.9 Å². The molecule has 1 saturated heterocycles. The molecule has 4 heterocycles. The quantitative estimate of drug-likeness (QED) is 0.0917. The van der Waals surface area contributed by atoms with Crippen molar-refractivity contribution in [2.24, 2.45) is 5.73 Å². The molecule has 15 nitrogen and oxygen atoms in total. The van der Waals surface area contributed by atoms with Crippen LogP contribution in [0.3, 0.4) is 0 Å². The first-order valence-electron chi connectivity index (χ1n) is 15.4. The maximum atomic E-state index is 14.5. The number of nitrogens with two attached hydrogens (primary N) is 1. The molecule has 49 heavy (non-hydrogen) atoms. The molecule has 3 aromatic heterocycles. The predicted molar refractivity (Wildman–Crippen MR) is 179 cm³/mol. The number of halogens is 2. The first kappa shape index (κ1) is 35.6. The van der Waals surface area contributed by atoms with Crippen LogP contribution in [0.5, 0.6) is 0 Å². The summed E-state index contributed by atoms with van der Waals surface area (Å²) in [6, 6.07) is 9.18. The molecule has 0 bridgehead atoms. The highest BCUT2D eigenvalue weighted by atomic mass is 79.9. The number of ketones is 1. The van der Waals surface area contributed by atoms with Gasteiger partial charge in [0, 0.05) is 43.2 Å². The molecule has 1 aliphatic heterocycles. The van der Waals surface area contributed by atoms with Crippen molar-refractivity contribution < 1.29 is 33.0 Å². The summed E-state index contributed by atoms with van der Waals surface area (Å²) in [5.41, 5.74) is 7.34. The minimum absolute atomic E-state index is 0.101. The van der Waals surface area contributed by atoms with E-state index in [-0.39, 0.29) is 62.5 Å². The number of amides is 3. The molecule has 4 aromatic rings. The van der Waals surface area contributed by atoms with Crippen LogP contribution < -0.4 is 16.4 Å². The molecule has 0 radical (unpaired) electrons. The smallest absolute Gasteiger partial charge is 0.248 e. The number of alkyl halides is 1. The summed E-state index contributed by atoms with van der Waals surface area (Å²) in [4.78, 5) is 65.2. The Hall–Kier alpha value is -4.71. The third-order valence-electron chi connectivity index (χ3n) is 7.56. The fourth-order valence-electron chi connectivity index (χ4n) is 5.25. The molecule has 1 fully saturated rings. The molecule has 17 heteroatoms. The van der Waals surface area contributed by atoms with Gasteiger partial charge >= 0.3 is 0 Å². The number of carbonyl (C=O) groups excluding carboxylic acids is 4. The van der Waals surface area contributed by atoms with Crippen molar-refractivity contribution in [3.63, 3.8) is 0 Å². The monoisotopic (exact) mass is 739 g/mol. The molecule has 1 aliphatic rings. The maximum absolute atomic E-state index is 14.5. The minimum atomic E-state index is -1.38. The number of nitrogens with zero attached hydrogens (tertiary/aromatic N) is 6. The summed E-state index contributed by atoms with van der Waals surface area (Å²) >= 11 is 3.24. The maximum Gasteiger partial charge on any atom is 0.248 e. The van der Waals surface area contributed by atoms with E-state index in [9.17, 15) is 23.6 Å². The van der Waals surface area contributed by atoms with Crippen LogP contribution in [-0.4, -0.2) is 105 Å². The number of carbonyl (C=O) groups is 4. The Morgan fingerprint density at radius 3 is 2.57 bits per heavy atom. The number of hydrogen-bond donors (Lipinski definition) is 3. The van der Waals surface area contributed by atoms with Crippen molar-refractivity contribution in [2.75, 3.05) is 44.8 Å². The van der Waals surface area contributed by atoms with Crippen molar-refractivity contribution in [3.8, 4) is 11.1 Å². The van der Waals surface area contributed by atoms with Gasteiger partial charge in [0.2, 0.25) is 17.7 Å². The van der Waals surface area contributed by atoms with Crippen LogP contribution >= 0.6 is 15.9 Å². The molecule has 2 atom stereocenters. The van der Waals surface area contributed by atoms with E-state index in [1.54, 1.807) is 48.8 Å². The van der Waals surface area contributed by atoms with Crippen molar-refractivity contribution in [1.29, 1.82) is 0 Å². The van der Waals surface area contributed by atoms with Crippen molar-refractivity contribution in [2.45, 2.75) is 38.6 Å². The second kappa shape index (κ2) is 16.6. The lowest BCUT2D eigenvalue weighted by Crippen LogP contribution is -2.44. The van der Waals surface area contributed by atoms with Gasteiger partial charge in [-0.3, -0.25) is 23.9 Å². The SMILES string of the molecule is CC(=O)c1nn(CC(=O)N2C[C@H](F)C[C@H]2C(=O)Nc2cccc(Br)n2)c2ccc(-c3cnc(CNC(=O)COCCOCCN)nc3)cc12. The van der Waals surface area contributed by atoms with Gasteiger partial charge < -0.3 is 30.7 Å². The normalized spacial score (nSPS) is 15.8. The summed E-state index contributed by atoms with van der Waals surface area (Å²) in [7, 11) is 0. The summed E-state index contributed by atoms with van der Waals surface area (Å²) < 4.78 is 26.9.